The molecule has 0 radical (unpaired) electrons. The first kappa shape index (κ1) is 14.7. The van der Waals surface area contributed by atoms with E-state index in [9.17, 15) is 4.79 Å². The molecule has 114 valence electrons. The number of benzene rings is 1. The van der Waals surface area contributed by atoms with Crippen LogP contribution in [-0.2, 0) is 17.8 Å². The zero-order chi connectivity index (χ0) is 15.4. The molecular formula is C16H15ClN2O3. The maximum absolute atomic E-state index is 11.8. The number of rotatable bonds is 3. The molecule has 6 heteroatoms. The van der Waals surface area contributed by atoms with Crippen LogP contribution >= 0.6 is 11.6 Å². The second kappa shape index (κ2) is 6.66. The molecule has 0 unspecified atom stereocenters. The van der Waals surface area contributed by atoms with E-state index in [1.54, 1.807) is 12.3 Å². The highest BCUT2D eigenvalue weighted by Crippen LogP contribution is 2.26. The van der Waals surface area contributed by atoms with Crippen molar-refractivity contribution in [1.29, 1.82) is 0 Å². The molecule has 0 saturated carbocycles. The number of alkyl carbamates (subject to hydrolysis) is 1. The van der Waals surface area contributed by atoms with E-state index < -0.39 is 6.09 Å². The molecule has 1 N–H and O–H groups in total. The van der Waals surface area contributed by atoms with Gasteiger partial charge in [0.15, 0.2) is 0 Å². The van der Waals surface area contributed by atoms with Gasteiger partial charge in [0.2, 0.25) is 0 Å². The number of hydrogen-bond donors (Lipinski definition) is 1. The van der Waals surface area contributed by atoms with Crippen molar-refractivity contribution in [3.05, 3.63) is 58.9 Å². The van der Waals surface area contributed by atoms with Crippen molar-refractivity contribution in [3.8, 4) is 5.75 Å². The second-order valence-electron chi connectivity index (χ2n) is 5.03. The van der Waals surface area contributed by atoms with E-state index in [-0.39, 0.29) is 12.6 Å². The van der Waals surface area contributed by atoms with Crippen molar-refractivity contribution in [3.63, 3.8) is 0 Å². The van der Waals surface area contributed by atoms with Gasteiger partial charge in [0.05, 0.1) is 6.04 Å². The van der Waals surface area contributed by atoms with Crippen molar-refractivity contribution in [1.82, 2.24) is 10.3 Å². The highest BCUT2D eigenvalue weighted by molar-refractivity contribution is 6.29. The minimum absolute atomic E-state index is 0.140. The molecule has 2 aromatic rings. The molecule has 0 saturated heterocycles. The summed E-state index contributed by atoms with van der Waals surface area (Å²) in [7, 11) is 0. The van der Waals surface area contributed by atoms with E-state index in [0.29, 0.717) is 18.2 Å². The monoisotopic (exact) mass is 318 g/mol. The van der Waals surface area contributed by atoms with Crippen LogP contribution in [-0.4, -0.2) is 23.7 Å². The smallest absolute Gasteiger partial charge is 0.407 e. The van der Waals surface area contributed by atoms with E-state index in [1.807, 2.05) is 30.3 Å². The summed E-state index contributed by atoms with van der Waals surface area (Å²) in [5.41, 5.74) is 1.87. The highest BCUT2D eigenvalue weighted by Gasteiger charge is 2.22. The molecule has 22 heavy (non-hydrogen) atoms. The van der Waals surface area contributed by atoms with Gasteiger partial charge in [0.1, 0.15) is 24.1 Å². The quantitative estimate of drug-likeness (QED) is 0.884. The van der Waals surface area contributed by atoms with Gasteiger partial charge < -0.3 is 14.8 Å². The molecule has 5 nitrogen and oxygen atoms in total. The average Bonchev–Trinajstić information content (AvgIpc) is 2.54. The number of hydrogen-bond acceptors (Lipinski definition) is 4. The Morgan fingerprint density at radius 3 is 3.05 bits per heavy atom. The van der Waals surface area contributed by atoms with E-state index in [4.69, 9.17) is 21.1 Å². The van der Waals surface area contributed by atoms with Crippen molar-refractivity contribution >= 4 is 17.7 Å². The SMILES string of the molecule is O=C(N[C@H]1COc2cc(Cl)ncc2C1)OCc1ccccc1. The van der Waals surface area contributed by atoms with Gasteiger partial charge >= 0.3 is 6.09 Å². The normalized spacial score (nSPS) is 16.3. The third kappa shape index (κ3) is 3.68. The Kier molecular flexibility index (Phi) is 4.44. The molecule has 0 bridgehead atoms. The van der Waals surface area contributed by atoms with E-state index in [2.05, 4.69) is 10.3 Å². The van der Waals surface area contributed by atoms with Crippen LogP contribution in [0.15, 0.2) is 42.6 Å². The summed E-state index contributed by atoms with van der Waals surface area (Å²) in [5.74, 6) is 0.718. The van der Waals surface area contributed by atoms with Crippen LogP contribution in [0.25, 0.3) is 0 Å². The summed E-state index contributed by atoms with van der Waals surface area (Å²) >= 11 is 5.82. The van der Waals surface area contributed by atoms with Gasteiger partial charge in [-0.3, -0.25) is 0 Å². The maximum atomic E-state index is 11.8. The Bertz CT molecular complexity index is 664. The minimum atomic E-state index is -0.456. The van der Waals surface area contributed by atoms with Crippen LogP contribution < -0.4 is 10.1 Å². The number of fused-ring (bicyclic) bond motifs is 1. The Hall–Kier alpha value is -2.27. The van der Waals surface area contributed by atoms with Crippen molar-refractivity contribution in [2.45, 2.75) is 19.1 Å². The predicted molar refractivity (Wildman–Crippen MR) is 82.0 cm³/mol. The predicted octanol–water partition coefficient (Wildman–Crippen LogP) is 2.96. The molecule has 0 fully saturated rings. The summed E-state index contributed by atoms with van der Waals surface area (Å²) < 4.78 is 10.8. The van der Waals surface area contributed by atoms with Crippen molar-refractivity contribution in [2.75, 3.05) is 6.61 Å². The van der Waals surface area contributed by atoms with Crippen LogP contribution in [0.4, 0.5) is 4.79 Å². The summed E-state index contributed by atoms with van der Waals surface area (Å²) in [6.45, 7) is 0.627. The zero-order valence-electron chi connectivity index (χ0n) is 11.8. The summed E-state index contributed by atoms with van der Waals surface area (Å²) in [4.78, 5) is 15.8. The van der Waals surface area contributed by atoms with Gasteiger partial charge in [-0.25, -0.2) is 9.78 Å². The number of pyridine rings is 1. The van der Waals surface area contributed by atoms with Crippen LogP contribution in [0, 0.1) is 0 Å². The molecule has 3 rings (SSSR count). The molecule has 1 aliphatic heterocycles. The topological polar surface area (TPSA) is 60.5 Å². The van der Waals surface area contributed by atoms with Gasteiger partial charge in [-0.15, -0.1) is 0 Å². The molecule has 0 aliphatic carbocycles. The lowest BCUT2D eigenvalue weighted by Gasteiger charge is -2.25. The van der Waals surface area contributed by atoms with Crippen LogP contribution in [0.5, 0.6) is 5.75 Å². The molecule has 1 aromatic carbocycles. The van der Waals surface area contributed by atoms with Gasteiger partial charge in [-0.05, 0) is 5.56 Å². The second-order valence-corrected chi connectivity index (χ2v) is 5.42. The Balaban J connectivity index is 1.51. The molecule has 2 heterocycles. The van der Waals surface area contributed by atoms with Crippen LogP contribution in [0.3, 0.4) is 0 Å². The Labute approximate surface area is 133 Å². The fourth-order valence-electron chi connectivity index (χ4n) is 2.27. The van der Waals surface area contributed by atoms with Crippen LogP contribution in [0.1, 0.15) is 11.1 Å². The molecular weight excluding hydrogens is 304 g/mol. The maximum Gasteiger partial charge on any atom is 0.407 e. The molecule has 1 atom stereocenters. The molecule has 1 amide bonds. The highest BCUT2D eigenvalue weighted by atomic mass is 35.5. The van der Waals surface area contributed by atoms with Gasteiger partial charge in [0.25, 0.3) is 0 Å². The zero-order valence-corrected chi connectivity index (χ0v) is 12.5. The van der Waals surface area contributed by atoms with Gasteiger partial charge in [0, 0.05) is 24.2 Å². The van der Waals surface area contributed by atoms with Crippen molar-refractivity contribution < 1.29 is 14.3 Å². The number of ether oxygens (including phenoxy) is 2. The van der Waals surface area contributed by atoms with Crippen molar-refractivity contribution in [2.24, 2.45) is 0 Å². The summed E-state index contributed by atoms with van der Waals surface area (Å²) in [6, 6.07) is 11.1. The Morgan fingerprint density at radius 1 is 1.41 bits per heavy atom. The number of nitrogens with zero attached hydrogens (tertiary/aromatic N) is 1. The van der Waals surface area contributed by atoms with Gasteiger partial charge in [-0.2, -0.15) is 0 Å². The molecule has 1 aliphatic rings. The van der Waals surface area contributed by atoms with Crippen LogP contribution in [0.2, 0.25) is 5.15 Å². The average molecular weight is 319 g/mol. The standard InChI is InChI=1S/C16H15ClN2O3/c17-15-7-14-12(8-18-15)6-13(10-21-14)19-16(20)22-9-11-4-2-1-3-5-11/h1-5,7-8,13H,6,9-10H2,(H,19,20)/t13-/m1/s1. The number of halogens is 1. The lowest BCUT2D eigenvalue weighted by Crippen LogP contribution is -2.42. The molecule has 0 spiro atoms. The van der Waals surface area contributed by atoms with E-state index >= 15 is 0 Å². The molecule has 1 aromatic heterocycles. The third-order valence-corrected chi connectivity index (χ3v) is 3.56. The number of carbonyl (C=O) groups is 1. The summed E-state index contributed by atoms with van der Waals surface area (Å²) in [6.07, 6.45) is 1.85. The number of carbonyl (C=O) groups excluding carboxylic acids is 1. The van der Waals surface area contributed by atoms with E-state index in [0.717, 1.165) is 16.9 Å². The fraction of sp³-hybridized carbons (Fsp3) is 0.250. The third-order valence-electron chi connectivity index (χ3n) is 3.35. The summed E-state index contributed by atoms with van der Waals surface area (Å²) in [5, 5.41) is 3.19. The van der Waals surface area contributed by atoms with Gasteiger partial charge in [-0.1, -0.05) is 41.9 Å². The number of aromatic nitrogens is 1. The largest absolute Gasteiger partial charge is 0.491 e. The minimum Gasteiger partial charge on any atom is -0.491 e. The number of nitrogens with one attached hydrogen (secondary N) is 1. The number of amides is 1. The van der Waals surface area contributed by atoms with E-state index in [1.165, 1.54) is 0 Å². The fourth-order valence-corrected chi connectivity index (χ4v) is 2.42. The Morgan fingerprint density at radius 2 is 2.23 bits per heavy atom. The first-order chi connectivity index (χ1) is 10.7. The lowest BCUT2D eigenvalue weighted by molar-refractivity contribution is 0.128. The lowest BCUT2D eigenvalue weighted by atomic mass is 10.1. The first-order valence-electron chi connectivity index (χ1n) is 6.95. The first-order valence-corrected chi connectivity index (χ1v) is 7.33.